The number of aryl methyl sites for hydroxylation is 1. The van der Waals surface area contributed by atoms with Gasteiger partial charge in [0.25, 0.3) is 5.91 Å². The Morgan fingerprint density at radius 1 is 1.44 bits per heavy atom. The summed E-state index contributed by atoms with van der Waals surface area (Å²) in [5.74, 6) is -1.55. The molecule has 94 valence electrons. The summed E-state index contributed by atoms with van der Waals surface area (Å²) in [5, 5.41) is 2.52. The third kappa shape index (κ3) is 2.53. The predicted octanol–water partition coefficient (Wildman–Crippen LogP) is 1.63. The maximum absolute atomic E-state index is 13.3. The van der Waals surface area contributed by atoms with E-state index in [1.54, 1.807) is 24.0 Å². The van der Waals surface area contributed by atoms with Gasteiger partial charge in [-0.25, -0.2) is 13.8 Å². The molecule has 6 heteroatoms. The molecule has 1 aromatic heterocycles. The van der Waals surface area contributed by atoms with Crippen LogP contribution in [0.25, 0.3) is 0 Å². The summed E-state index contributed by atoms with van der Waals surface area (Å²) in [6.07, 6.45) is 3.33. The van der Waals surface area contributed by atoms with Crippen LogP contribution in [0.3, 0.4) is 0 Å². The van der Waals surface area contributed by atoms with E-state index >= 15 is 0 Å². The van der Waals surface area contributed by atoms with Gasteiger partial charge in [0.1, 0.15) is 17.5 Å². The number of hydrogen-bond acceptors (Lipinski definition) is 2. The largest absolute Gasteiger partial charge is 0.345 e. The Bertz CT molecular complexity index is 580. The van der Waals surface area contributed by atoms with Crippen molar-refractivity contribution in [2.24, 2.45) is 7.05 Å². The molecule has 0 aliphatic carbocycles. The van der Waals surface area contributed by atoms with Crippen molar-refractivity contribution < 1.29 is 13.6 Å². The van der Waals surface area contributed by atoms with Crippen molar-refractivity contribution in [3.05, 3.63) is 53.6 Å². The van der Waals surface area contributed by atoms with E-state index in [-0.39, 0.29) is 12.1 Å². The van der Waals surface area contributed by atoms with Crippen molar-refractivity contribution in [2.45, 2.75) is 6.54 Å². The lowest BCUT2D eigenvalue weighted by Gasteiger charge is -2.06. The predicted molar refractivity (Wildman–Crippen MR) is 60.7 cm³/mol. The molecule has 2 rings (SSSR count). The molecule has 0 bridgehead atoms. The number of hydrogen-bond donors (Lipinski definition) is 1. The molecule has 0 saturated carbocycles. The lowest BCUT2D eigenvalue weighted by atomic mass is 10.2. The molecule has 0 unspecified atom stereocenters. The second-order valence-electron chi connectivity index (χ2n) is 3.76. The van der Waals surface area contributed by atoms with Crippen LogP contribution in [0.5, 0.6) is 0 Å². The lowest BCUT2D eigenvalue weighted by molar-refractivity contribution is 0.0945. The molecule has 4 nitrogen and oxygen atoms in total. The molecule has 1 N–H and O–H groups in total. The average molecular weight is 251 g/mol. The highest BCUT2D eigenvalue weighted by atomic mass is 19.1. The van der Waals surface area contributed by atoms with Crippen LogP contribution in [0.4, 0.5) is 8.78 Å². The number of rotatable bonds is 3. The smallest absolute Gasteiger partial charge is 0.254 e. The summed E-state index contributed by atoms with van der Waals surface area (Å²) in [7, 11) is 1.78. The number of amides is 1. The van der Waals surface area contributed by atoms with Crippen molar-refractivity contribution in [1.29, 1.82) is 0 Å². The van der Waals surface area contributed by atoms with E-state index in [1.807, 2.05) is 0 Å². The van der Waals surface area contributed by atoms with E-state index in [0.717, 1.165) is 12.1 Å². The standard InChI is InChI=1S/C12H11F2N3O/c1-17-5-4-15-11(17)7-16-12(18)9-3-2-8(13)6-10(9)14/h2-6H,7H2,1H3,(H,16,18). The van der Waals surface area contributed by atoms with Crippen LogP contribution in [0.1, 0.15) is 16.2 Å². The van der Waals surface area contributed by atoms with E-state index in [2.05, 4.69) is 10.3 Å². The number of aromatic nitrogens is 2. The van der Waals surface area contributed by atoms with Crippen LogP contribution in [0.2, 0.25) is 0 Å². The third-order valence-electron chi connectivity index (χ3n) is 2.50. The van der Waals surface area contributed by atoms with Gasteiger partial charge in [0.05, 0.1) is 12.1 Å². The highest BCUT2D eigenvalue weighted by molar-refractivity contribution is 5.94. The van der Waals surface area contributed by atoms with Gasteiger partial charge in [-0.1, -0.05) is 0 Å². The normalized spacial score (nSPS) is 10.4. The van der Waals surface area contributed by atoms with Gasteiger partial charge in [0.15, 0.2) is 0 Å². The summed E-state index contributed by atoms with van der Waals surface area (Å²) in [6.45, 7) is 0.180. The van der Waals surface area contributed by atoms with E-state index in [9.17, 15) is 13.6 Å². The monoisotopic (exact) mass is 251 g/mol. The van der Waals surface area contributed by atoms with Crippen LogP contribution in [0, 0.1) is 11.6 Å². The molecular weight excluding hydrogens is 240 g/mol. The number of imidazole rings is 1. The molecule has 2 aromatic rings. The fourth-order valence-electron chi connectivity index (χ4n) is 1.50. The Hall–Kier alpha value is -2.24. The topological polar surface area (TPSA) is 46.9 Å². The van der Waals surface area contributed by atoms with Gasteiger partial charge in [-0.3, -0.25) is 4.79 Å². The SMILES string of the molecule is Cn1ccnc1CNC(=O)c1ccc(F)cc1F. The van der Waals surface area contributed by atoms with Gasteiger partial charge in [0, 0.05) is 25.5 Å². The first-order chi connectivity index (χ1) is 8.58. The van der Waals surface area contributed by atoms with Crippen LogP contribution in [-0.4, -0.2) is 15.5 Å². The van der Waals surface area contributed by atoms with E-state index < -0.39 is 17.5 Å². The maximum Gasteiger partial charge on any atom is 0.254 e. The number of nitrogens with one attached hydrogen (secondary N) is 1. The first-order valence-electron chi connectivity index (χ1n) is 5.27. The molecule has 0 saturated heterocycles. The van der Waals surface area contributed by atoms with Crippen molar-refractivity contribution >= 4 is 5.91 Å². The Kier molecular flexibility index (Phi) is 3.36. The van der Waals surface area contributed by atoms with E-state index in [1.165, 1.54) is 0 Å². The first kappa shape index (κ1) is 12.2. The van der Waals surface area contributed by atoms with E-state index in [0.29, 0.717) is 11.9 Å². The molecule has 0 spiro atoms. The summed E-state index contributed by atoms with van der Waals surface area (Å²) in [4.78, 5) is 15.7. The molecule has 18 heavy (non-hydrogen) atoms. The molecule has 1 heterocycles. The minimum absolute atomic E-state index is 0.180. The fraction of sp³-hybridized carbons (Fsp3) is 0.167. The third-order valence-corrected chi connectivity index (χ3v) is 2.50. The molecule has 1 aromatic carbocycles. The zero-order valence-electron chi connectivity index (χ0n) is 9.65. The molecule has 0 aliphatic rings. The summed E-state index contributed by atoms with van der Waals surface area (Å²) in [5.41, 5.74) is -0.189. The zero-order valence-corrected chi connectivity index (χ0v) is 9.65. The van der Waals surface area contributed by atoms with Gasteiger partial charge in [-0.2, -0.15) is 0 Å². The number of halogens is 2. The van der Waals surface area contributed by atoms with Crippen molar-refractivity contribution in [1.82, 2.24) is 14.9 Å². The van der Waals surface area contributed by atoms with Gasteiger partial charge >= 0.3 is 0 Å². The minimum atomic E-state index is -0.882. The first-order valence-corrected chi connectivity index (χ1v) is 5.27. The van der Waals surface area contributed by atoms with Crippen LogP contribution in [-0.2, 0) is 13.6 Å². The minimum Gasteiger partial charge on any atom is -0.345 e. The molecule has 0 aliphatic heterocycles. The highest BCUT2D eigenvalue weighted by Gasteiger charge is 2.12. The van der Waals surface area contributed by atoms with Gasteiger partial charge in [-0.05, 0) is 12.1 Å². The molecule has 0 radical (unpaired) electrons. The maximum atomic E-state index is 13.3. The Balaban J connectivity index is 2.06. The van der Waals surface area contributed by atoms with Crippen molar-refractivity contribution in [2.75, 3.05) is 0 Å². The van der Waals surface area contributed by atoms with Crippen molar-refractivity contribution in [3.63, 3.8) is 0 Å². The number of carbonyl (C=O) groups excluding carboxylic acids is 1. The quantitative estimate of drug-likeness (QED) is 0.901. The zero-order chi connectivity index (χ0) is 13.1. The second kappa shape index (κ2) is 4.95. The summed E-state index contributed by atoms with van der Waals surface area (Å²) < 4.78 is 27.7. The van der Waals surface area contributed by atoms with Gasteiger partial charge in [0.2, 0.25) is 0 Å². The number of benzene rings is 1. The molecular formula is C12H11F2N3O. The summed E-state index contributed by atoms with van der Waals surface area (Å²) >= 11 is 0. The molecule has 0 fully saturated rings. The number of nitrogens with zero attached hydrogens (tertiary/aromatic N) is 2. The molecule has 1 amide bonds. The van der Waals surface area contributed by atoms with Crippen LogP contribution < -0.4 is 5.32 Å². The number of carbonyl (C=O) groups is 1. The average Bonchev–Trinajstić information content (AvgIpc) is 2.72. The van der Waals surface area contributed by atoms with Crippen LogP contribution in [0.15, 0.2) is 30.6 Å². The van der Waals surface area contributed by atoms with E-state index in [4.69, 9.17) is 0 Å². The Labute approximate surface area is 102 Å². The van der Waals surface area contributed by atoms with Crippen LogP contribution >= 0.6 is 0 Å². The van der Waals surface area contributed by atoms with Crippen molar-refractivity contribution in [3.8, 4) is 0 Å². The van der Waals surface area contributed by atoms with Gasteiger partial charge in [-0.15, -0.1) is 0 Å². The lowest BCUT2D eigenvalue weighted by Crippen LogP contribution is -2.25. The highest BCUT2D eigenvalue weighted by Crippen LogP contribution is 2.09. The second-order valence-corrected chi connectivity index (χ2v) is 3.76. The summed E-state index contributed by atoms with van der Waals surface area (Å²) in [6, 6.07) is 2.83. The fourth-order valence-corrected chi connectivity index (χ4v) is 1.50. The Morgan fingerprint density at radius 2 is 2.22 bits per heavy atom. The van der Waals surface area contributed by atoms with Gasteiger partial charge < -0.3 is 9.88 Å². The Morgan fingerprint density at radius 3 is 2.83 bits per heavy atom. The molecule has 0 atom stereocenters.